The number of aromatic nitrogens is 2. The number of piperidine rings is 1. The maximum absolute atomic E-state index is 13.0. The second kappa shape index (κ2) is 7.18. The number of pyridine rings is 1. The number of anilines is 1. The van der Waals surface area contributed by atoms with E-state index in [1.54, 1.807) is 12.1 Å². The van der Waals surface area contributed by atoms with Gasteiger partial charge in [-0.25, -0.2) is 9.37 Å². The number of amides is 1. The van der Waals surface area contributed by atoms with Gasteiger partial charge in [0.05, 0.1) is 11.8 Å². The van der Waals surface area contributed by atoms with Crippen molar-refractivity contribution in [2.45, 2.75) is 31.8 Å². The summed E-state index contributed by atoms with van der Waals surface area (Å²) in [6.07, 6.45) is 3.11. The molecule has 2 aromatic heterocycles. The van der Waals surface area contributed by atoms with Crippen molar-refractivity contribution in [1.82, 2.24) is 15.5 Å². The average molecular weight is 348 g/mol. The van der Waals surface area contributed by atoms with Crippen LogP contribution in [-0.4, -0.2) is 46.4 Å². The molecule has 1 saturated heterocycles. The SMILES string of the molecule is CCc1cc(C(=O)NCC2(O)CCCN(c3ccc(F)cn3)C2)no1. The quantitative estimate of drug-likeness (QED) is 0.851. The second-order valence-electron chi connectivity index (χ2n) is 6.30. The Bertz CT molecular complexity index is 734. The zero-order chi connectivity index (χ0) is 17.9. The smallest absolute Gasteiger partial charge is 0.273 e. The predicted octanol–water partition coefficient (Wildman–Crippen LogP) is 1.53. The van der Waals surface area contributed by atoms with Crippen LogP contribution >= 0.6 is 0 Å². The Balaban J connectivity index is 1.60. The van der Waals surface area contributed by atoms with E-state index in [1.165, 1.54) is 6.07 Å². The van der Waals surface area contributed by atoms with Gasteiger partial charge in [-0.15, -0.1) is 0 Å². The molecule has 0 aromatic carbocycles. The standard InChI is InChI=1S/C17H21FN4O3/c1-2-13-8-14(21-25-13)16(23)20-10-17(24)6-3-7-22(11-17)15-5-4-12(18)9-19-15/h4-5,8-9,24H,2-3,6-7,10-11H2,1H3,(H,20,23). The van der Waals surface area contributed by atoms with Crippen molar-refractivity contribution < 1.29 is 18.8 Å². The molecule has 8 heteroatoms. The normalized spacial score (nSPS) is 20.5. The number of rotatable bonds is 5. The molecule has 1 aliphatic heterocycles. The van der Waals surface area contributed by atoms with Crippen molar-refractivity contribution in [2.24, 2.45) is 0 Å². The molecule has 1 fully saturated rings. The number of β-amino-alcohol motifs (C(OH)–C–C–N with tert-alkyl or cyclic N) is 1. The van der Waals surface area contributed by atoms with Gasteiger partial charge in [0.15, 0.2) is 5.69 Å². The number of nitrogens with one attached hydrogen (secondary N) is 1. The zero-order valence-corrected chi connectivity index (χ0v) is 14.0. The summed E-state index contributed by atoms with van der Waals surface area (Å²) in [5.74, 6) is 0.460. The minimum absolute atomic E-state index is 0.0951. The van der Waals surface area contributed by atoms with Gasteiger partial charge in [0.25, 0.3) is 5.91 Å². The highest BCUT2D eigenvalue weighted by Gasteiger charge is 2.34. The van der Waals surface area contributed by atoms with Gasteiger partial charge in [-0.2, -0.15) is 0 Å². The molecule has 2 aromatic rings. The molecule has 0 saturated carbocycles. The van der Waals surface area contributed by atoms with Crippen molar-refractivity contribution in [1.29, 1.82) is 0 Å². The van der Waals surface area contributed by atoms with Gasteiger partial charge >= 0.3 is 0 Å². The molecule has 1 amide bonds. The Kier molecular flexibility index (Phi) is 4.98. The van der Waals surface area contributed by atoms with Crippen molar-refractivity contribution in [3.05, 3.63) is 41.7 Å². The van der Waals surface area contributed by atoms with Crippen molar-refractivity contribution in [3.63, 3.8) is 0 Å². The molecule has 0 radical (unpaired) electrons. The predicted molar refractivity (Wildman–Crippen MR) is 88.8 cm³/mol. The molecule has 1 atom stereocenters. The summed E-state index contributed by atoms with van der Waals surface area (Å²) < 4.78 is 18.0. The Hall–Kier alpha value is -2.48. The van der Waals surface area contributed by atoms with E-state index >= 15 is 0 Å². The number of aliphatic hydroxyl groups is 1. The van der Waals surface area contributed by atoms with Gasteiger partial charge in [0.1, 0.15) is 17.4 Å². The van der Waals surface area contributed by atoms with E-state index in [-0.39, 0.29) is 18.1 Å². The number of carbonyl (C=O) groups excluding carboxylic acids is 1. The number of aryl methyl sites for hydroxylation is 1. The summed E-state index contributed by atoms with van der Waals surface area (Å²) >= 11 is 0. The molecule has 3 heterocycles. The van der Waals surface area contributed by atoms with Gasteiger partial charge in [-0.05, 0) is 25.0 Å². The molecule has 2 N–H and O–H groups in total. The lowest BCUT2D eigenvalue weighted by Crippen LogP contribution is -2.54. The first-order valence-corrected chi connectivity index (χ1v) is 8.32. The maximum atomic E-state index is 13.0. The number of carbonyl (C=O) groups is 1. The largest absolute Gasteiger partial charge is 0.386 e. The van der Waals surface area contributed by atoms with Crippen molar-refractivity contribution >= 4 is 11.7 Å². The van der Waals surface area contributed by atoms with Gasteiger partial charge in [0.2, 0.25) is 0 Å². The minimum Gasteiger partial charge on any atom is -0.386 e. The van der Waals surface area contributed by atoms with Crippen LogP contribution in [0.1, 0.15) is 36.0 Å². The molecule has 134 valence electrons. The topological polar surface area (TPSA) is 91.5 Å². The first kappa shape index (κ1) is 17.3. The lowest BCUT2D eigenvalue weighted by atomic mass is 9.92. The van der Waals surface area contributed by atoms with Crippen LogP contribution in [0.5, 0.6) is 0 Å². The Morgan fingerprint density at radius 1 is 1.52 bits per heavy atom. The number of hydrogen-bond donors (Lipinski definition) is 2. The molecule has 25 heavy (non-hydrogen) atoms. The van der Waals surface area contributed by atoms with Crippen LogP contribution in [0.4, 0.5) is 10.2 Å². The molecular formula is C17H21FN4O3. The fourth-order valence-electron chi connectivity index (χ4n) is 2.93. The number of hydrogen-bond acceptors (Lipinski definition) is 6. The van der Waals surface area contributed by atoms with E-state index in [0.29, 0.717) is 31.0 Å². The van der Waals surface area contributed by atoms with Crippen LogP contribution in [0.15, 0.2) is 28.9 Å². The Morgan fingerprint density at radius 2 is 2.36 bits per heavy atom. The van der Waals surface area contributed by atoms with Gasteiger partial charge in [-0.3, -0.25) is 4.79 Å². The monoisotopic (exact) mass is 348 g/mol. The van der Waals surface area contributed by atoms with Gasteiger partial charge in [-0.1, -0.05) is 12.1 Å². The lowest BCUT2D eigenvalue weighted by Gasteiger charge is -2.39. The summed E-state index contributed by atoms with van der Waals surface area (Å²) in [5, 5.41) is 17.2. The second-order valence-corrected chi connectivity index (χ2v) is 6.30. The van der Waals surface area contributed by atoms with E-state index in [0.717, 1.165) is 19.2 Å². The summed E-state index contributed by atoms with van der Waals surface area (Å²) in [7, 11) is 0. The average Bonchev–Trinajstić information content (AvgIpc) is 3.10. The molecule has 7 nitrogen and oxygen atoms in total. The van der Waals surface area contributed by atoms with Gasteiger partial charge in [0, 0.05) is 32.1 Å². The third-order valence-corrected chi connectivity index (χ3v) is 4.31. The van der Waals surface area contributed by atoms with Crippen LogP contribution < -0.4 is 10.2 Å². The molecule has 1 unspecified atom stereocenters. The first-order chi connectivity index (χ1) is 12.0. The van der Waals surface area contributed by atoms with Crippen LogP contribution in [0, 0.1) is 5.82 Å². The summed E-state index contributed by atoms with van der Waals surface area (Å²) in [6, 6.07) is 4.52. The van der Waals surface area contributed by atoms with Crippen LogP contribution in [0.25, 0.3) is 0 Å². The summed E-state index contributed by atoms with van der Waals surface area (Å²) in [4.78, 5) is 18.1. The van der Waals surface area contributed by atoms with Crippen molar-refractivity contribution in [3.8, 4) is 0 Å². The fraction of sp³-hybridized carbons (Fsp3) is 0.471. The van der Waals surface area contributed by atoms with E-state index < -0.39 is 11.4 Å². The van der Waals surface area contributed by atoms with Crippen molar-refractivity contribution in [2.75, 3.05) is 24.5 Å². The highest BCUT2D eigenvalue weighted by molar-refractivity contribution is 5.92. The molecule has 0 spiro atoms. The number of nitrogens with zero attached hydrogens (tertiary/aromatic N) is 3. The highest BCUT2D eigenvalue weighted by atomic mass is 19.1. The molecule has 0 aliphatic carbocycles. The molecule has 0 bridgehead atoms. The highest BCUT2D eigenvalue weighted by Crippen LogP contribution is 2.24. The van der Waals surface area contributed by atoms with E-state index in [1.807, 2.05) is 11.8 Å². The third kappa shape index (κ3) is 4.14. The minimum atomic E-state index is -1.08. The first-order valence-electron chi connectivity index (χ1n) is 8.32. The fourth-order valence-corrected chi connectivity index (χ4v) is 2.93. The molecular weight excluding hydrogens is 327 g/mol. The summed E-state index contributed by atoms with van der Waals surface area (Å²) in [6.45, 7) is 3.03. The van der Waals surface area contributed by atoms with E-state index in [9.17, 15) is 14.3 Å². The lowest BCUT2D eigenvalue weighted by molar-refractivity contribution is 0.0253. The van der Waals surface area contributed by atoms with E-state index in [4.69, 9.17) is 4.52 Å². The van der Waals surface area contributed by atoms with Gasteiger partial charge < -0.3 is 19.8 Å². The van der Waals surface area contributed by atoms with Crippen LogP contribution in [-0.2, 0) is 6.42 Å². The zero-order valence-electron chi connectivity index (χ0n) is 14.0. The Labute approximate surface area is 144 Å². The third-order valence-electron chi connectivity index (χ3n) is 4.31. The van der Waals surface area contributed by atoms with Crippen LogP contribution in [0.3, 0.4) is 0 Å². The van der Waals surface area contributed by atoms with Crippen LogP contribution in [0.2, 0.25) is 0 Å². The Morgan fingerprint density at radius 3 is 3.04 bits per heavy atom. The summed E-state index contributed by atoms with van der Waals surface area (Å²) in [5.41, 5.74) is -0.880. The number of halogens is 1. The maximum Gasteiger partial charge on any atom is 0.273 e. The molecule has 1 aliphatic rings. The molecule has 3 rings (SSSR count). The van der Waals surface area contributed by atoms with E-state index in [2.05, 4.69) is 15.5 Å².